The summed E-state index contributed by atoms with van der Waals surface area (Å²) in [7, 11) is 1.88. The van der Waals surface area contributed by atoms with E-state index in [0.29, 0.717) is 24.3 Å². The van der Waals surface area contributed by atoms with Gasteiger partial charge in [-0.05, 0) is 86.8 Å². The van der Waals surface area contributed by atoms with Gasteiger partial charge in [-0.3, -0.25) is 19.5 Å². The van der Waals surface area contributed by atoms with Crippen molar-refractivity contribution >= 4 is 11.8 Å². The second-order valence-electron chi connectivity index (χ2n) is 9.98. The first kappa shape index (κ1) is 27.3. The molecule has 38 heavy (non-hydrogen) atoms. The highest BCUT2D eigenvalue weighted by atomic mass is 16.5. The van der Waals surface area contributed by atoms with Gasteiger partial charge in [0, 0.05) is 50.1 Å². The van der Waals surface area contributed by atoms with Crippen molar-refractivity contribution in [1.29, 1.82) is 0 Å². The number of hydrogen-bond donors (Lipinski definition) is 1. The highest BCUT2D eigenvalue weighted by Crippen LogP contribution is 2.23. The normalized spacial score (nSPS) is 15.0. The van der Waals surface area contributed by atoms with Crippen molar-refractivity contribution in [3.05, 3.63) is 90.3 Å². The molecular formula is C31H38N4O3. The first-order chi connectivity index (χ1) is 18.5. The average molecular weight is 515 g/mol. The smallest absolute Gasteiger partial charge is 0.251 e. The number of nitrogens with zero attached hydrogens (tertiary/aromatic N) is 3. The summed E-state index contributed by atoms with van der Waals surface area (Å²) in [5.41, 5.74) is 1.81. The molecule has 7 heteroatoms. The first-order valence-electron chi connectivity index (χ1n) is 13.5. The van der Waals surface area contributed by atoms with Crippen molar-refractivity contribution in [2.45, 2.75) is 45.2 Å². The lowest BCUT2D eigenvalue weighted by Crippen LogP contribution is -2.43. The maximum Gasteiger partial charge on any atom is 0.251 e. The van der Waals surface area contributed by atoms with E-state index in [1.54, 1.807) is 12.1 Å². The van der Waals surface area contributed by atoms with Gasteiger partial charge in [-0.1, -0.05) is 31.2 Å². The van der Waals surface area contributed by atoms with E-state index >= 15 is 0 Å². The molecule has 1 aliphatic rings. The van der Waals surface area contributed by atoms with Crippen molar-refractivity contribution in [3.63, 3.8) is 0 Å². The van der Waals surface area contributed by atoms with Crippen LogP contribution in [0.25, 0.3) is 0 Å². The van der Waals surface area contributed by atoms with Crippen LogP contribution >= 0.6 is 0 Å². The fourth-order valence-electron chi connectivity index (χ4n) is 4.83. The molecule has 1 aliphatic heterocycles. The number of pyridine rings is 1. The lowest BCUT2D eigenvalue weighted by molar-refractivity contribution is -0.135. The summed E-state index contributed by atoms with van der Waals surface area (Å²) in [6.45, 7) is 5.42. The van der Waals surface area contributed by atoms with E-state index in [4.69, 9.17) is 4.74 Å². The number of amides is 2. The molecule has 1 saturated heterocycles. The molecule has 1 unspecified atom stereocenters. The lowest BCUT2D eigenvalue weighted by Gasteiger charge is -2.33. The molecule has 200 valence electrons. The zero-order valence-electron chi connectivity index (χ0n) is 22.4. The van der Waals surface area contributed by atoms with E-state index in [2.05, 4.69) is 22.1 Å². The zero-order valence-corrected chi connectivity index (χ0v) is 22.4. The summed E-state index contributed by atoms with van der Waals surface area (Å²) in [6, 6.07) is 20.8. The number of carbonyl (C=O) groups excluding carboxylic acids is 2. The monoisotopic (exact) mass is 514 g/mol. The van der Waals surface area contributed by atoms with Crippen molar-refractivity contribution < 1.29 is 14.3 Å². The Morgan fingerprint density at radius 1 is 1.03 bits per heavy atom. The minimum Gasteiger partial charge on any atom is -0.457 e. The van der Waals surface area contributed by atoms with Gasteiger partial charge in [0.05, 0.1) is 0 Å². The Morgan fingerprint density at radius 3 is 2.45 bits per heavy atom. The predicted molar refractivity (Wildman–Crippen MR) is 149 cm³/mol. The Bertz CT molecular complexity index is 1160. The highest BCUT2D eigenvalue weighted by molar-refractivity contribution is 5.94. The Hall–Kier alpha value is -3.71. The third-order valence-corrected chi connectivity index (χ3v) is 7.18. The Kier molecular flexibility index (Phi) is 9.87. The lowest BCUT2D eigenvalue weighted by atomic mass is 9.95. The molecule has 0 aliphatic carbocycles. The van der Waals surface area contributed by atoms with E-state index < -0.39 is 0 Å². The van der Waals surface area contributed by atoms with Crippen molar-refractivity contribution in [1.82, 2.24) is 20.1 Å². The molecule has 2 amide bonds. The van der Waals surface area contributed by atoms with Crippen molar-refractivity contribution in [3.8, 4) is 11.5 Å². The maximum atomic E-state index is 13.1. The fourth-order valence-corrected chi connectivity index (χ4v) is 4.83. The molecule has 2 aromatic carbocycles. The number of carbonyl (C=O) groups is 2. The number of rotatable bonds is 11. The molecule has 1 atom stereocenters. The molecule has 0 bridgehead atoms. The Morgan fingerprint density at radius 2 is 1.74 bits per heavy atom. The third-order valence-electron chi connectivity index (χ3n) is 7.18. The minimum atomic E-state index is -0.133. The molecule has 1 N–H and O–H groups in total. The van der Waals surface area contributed by atoms with Crippen LogP contribution in [0.4, 0.5) is 0 Å². The summed E-state index contributed by atoms with van der Waals surface area (Å²) in [5.74, 6) is 1.49. The summed E-state index contributed by atoms with van der Waals surface area (Å²) in [4.78, 5) is 34.4. The zero-order chi connectivity index (χ0) is 26.7. The van der Waals surface area contributed by atoms with E-state index in [1.165, 1.54) is 5.56 Å². The van der Waals surface area contributed by atoms with Gasteiger partial charge in [-0.25, -0.2) is 0 Å². The second kappa shape index (κ2) is 13.7. The molecule has 1 aromatic heterocycles. The summed E-state index contributed by atoms with van der Waals surface area (Å²) < 4.78 is 5.87. The molecule has 2 heterocycles. The van der Waals surface area contributed by atoms with Gasteiger partial charge in [0.2, 0.25) is 5.91 Å². The summed E-state index contributed by atoms with van der Waals surface area (Å²) in [6.07, 6.45) is 6.91. The van der Waals surface area contributed by atoms with Gasteiger partial charge in [0.25, 0.3) is 5.91 Å². The van der Waals surface area contributed by atoms with Crippen LogP contribution in [0.1, 0.15) is 48.5 Å². The van der Waals surface area contributed by atoms with Gasteiger partial charge < -0.3 is 15.0 Å². The number of para-hydroxylation sites is 1. The molecule has 0 spiro atoms. The molecule has 0 radical (unpaired) electrons. The predicted octanol–water partition coefficient (Wildman–Crippen LogP) is 5.14. The average Bonchev–Trinajstić information content (AvgIpc) is 2.96. The van der Waals surface area contributed by atoms with E-state index in [1.807, 2.05) is 78.9 Å². The fraction of sp³-hybridized carbons (Fsp3) is 0.387. The maximum absolute atomic E-state index is 13.1. The number of nitrogens with one attached hydrogen (secondary N) is 1. The van der Waals surface area contributed by atoms with Gasteiger partial charge in [-0.2, -0.15) is 0 Å². The largest absolute Gasteiger partial charge is 0.457 e. The first-order valence-corrected chi connectivity index (χ1v) is 13.5. The van der Waals surface area contributed by atoms with Gasteiger partial charge in [-0.15, -0.1) is 0 Å². The standard InChI is InChI=1S/C31H38N4O3/c1-3-27(33-30(36)26-8-7-11-29(22-26)38-28-9-5-4-6-10-28)16-19-34(2)31(37)25-14-20-35(21-15-25)23-24-12-17-32-18-13-24/h4-13,17-18,22,25,27H,3,14-16,19-21,23H2,1-2H3,(H,33,36). The summed E-state index contributed by atoms with van der Waals surface area (Å²) in [5, 5.41) is 3.13. The van der Waals surface area contributed by atoms with Crippen LogP contribution < -0.4 is 10.1 Å². The third kappa shape index (κ3) is 7.89. The van der Waals surface area contributed by atoms with Gasteiger partial charge in [0.1, 0.15) is 11.5 Å². The quantitative estimate of drug-likeness (QED) is 0.383. The van der Waals surface area contributed by atoms with E-state index in [0.717, 1.165) is 44.6 Å². The SMILES string of the molecule is CCC(CCN(C)C(=O)C1CCN(Cc2ccncc2)CC1)NC(=O)c1cccc(Oc2ccccc2)c1. The van der Waals surface area contributed by atoms with E-state index in [-0.39, 0.29) is 23.8 Å². The van der Waals surface area contributed by atoms with Crippen LogP contribution in [0.15, 0.2) is 79.1 Å². The van der Waals surface area contributed by atoms with Crippen LogP contribution in [0.3, 0.4) is 0 Å². The number of aromatic nitrogens is 1. The number of hydrogen-bond acceptors (Lipinski definition) is 5. The molecule has 1 fully saturated rings. The van der Waals surface area contributed by atoms with Crippen molar-refractivity contribution in [2.75, 3.05) is 26.7 Å². The molecule has 3 aromatic rings. The van der Waals surface area contributed by atoms with Crippen LogP contribution in [0.5, 0.6) is 11.5 Å². The highest BCUT2D eigenvalue weighted by Gasteiger charge is 2.27. The van der Waals surface area contributed by atoms with Crippen LogP contribution in [0, 0.1) is 5.92 Å². The summed E-state index contributed by atoms with van der Waals surface area (Å²) >= 11 is 0. The van der Waals surface area contributed by atoms with Crippen molar-refractivity contribution in [2.24, 2.45) is 5.92 Å². The molecular weight excluding hydrogens is 476 g/mol. The number of likely N-dealkylation sites (tertiary alicyclic amines) is 1. The van der Waals surface area contributed by atoms with Crippen LogP contribution in [0.2, 0.25) is 0 Å². The molecule has 4 rings (SSSR count). The topological polar surface area (TPSA) is 74.8 Å². The number of ether oxygens (including phenoxy) is 1. The van der Waals surface area contributed by atoms with Crippen LogP contribution in [-0.4, -0.2) is 59.3 Å². The minimum absolute atomic E-state index is 0.0151. The Balaban J connectivity index is 1.22. The van der Waals surface area contributed by atoms with Gasteiger partial charge in [0.15, 0.2) is 0 Å². The van der Waals surface area contributed by atoms with Crippen LogP contribution in [-0.2, 0) is 11.3 Å². The molecule has 0 saturated carbocycles. The second-order valence-corrected chi connectivity index (χ2v) is 9.98. The Labute approximate surface area is 225 Å². The molecule has 7 nitrogen and oxygen atoms in total. The van der Waals surface area contributed by atoms with E-state index in [9.17, 15) is 9.59 Å². The number of piperidine rings is 1. The van der Waals surface area contributed by atoms with Gasteiger partial charge >= 0.3 is 0 Å². The number of benzene rings is 2.